The molecule has 3 unspecified atom stereocenters. The highest BCUT2D eigenvalue weighted by Gasteiger charge is 2.28. The molecule has 0 saturated carbocycles. The Balaban J connectivity index is 2.16. The zero-order chi connectivity index (χ0) is 26.5. The van der Waals surface area contributed by atoms with E-state index >= 15 is 0 Å². The summed E-state index contributed by atoms with van der Waals surface area (Å²) in [6.07, 6.45) is 11.5. The van der Waals surface area contributed by atoms with Crippen LogP contribution in [0.1, 0.15) is 117 Å². The van der Waals surface area contributed by atoms with E-state index in [0.717, 1.165) is 24.0 Å². The van der Waals surface area contributed by atoms with Crippen molar-refractivity contribution in [2.75, 3.05) is 0 Å². The molecule has 1 aromatic heterocycles. The van der Waals surface area contributed by atoms with Crippen molar-refractivity contribution in [3.63, 3.8) is 0 Å². The topological polar surface area (TPSA) is 113 Å². The van der Waals surface area contributed by atoms with Crippen LogP contribution in [-0.4, -0.2) is 42.9 Å². The molecule has 8 heteroatoms. The average molecular weight is 519 g/mol. The van der Waals surface area contributed by atoms with E-state index in [0.29, 0.717) is 5.16 Å². The van der Waals surface area contributed by atoms with Crippen LogP contribution >= 0.6 is 11.8 Å². The first-order valence-corrected chi connectivity index (χ1v) is 14.0. The number of aromatic carboxylic acids is 1. The summed E-state index contributed by atoms with van der Waals surface area (Å²) in [4.78, 5) is 26.9. The summed E-state index contributed by atoms with van der Waals surface area (Å²) >= 11 is 1.28. The van der Waals surface area contributed by atoms with Crippen molar-refractivity contribution < 1.29 is 24.9 Å². The van der Waals surface area contributed by atoms with Gasteiger partial charge in [-0.2, -0.15) is 0 Å². The van der Waals surface area contributed by atoms with Gasteiger partial charge in [-0.1, -0.05) is 101 Å². The van der Waals surface area contributed by atoms with Gasteiger partial charge < -0.3 is 19.9 Å². The standard InChI is InChI=1S/C28H42N2O5S/c1-4-5-6-7-8-9-10-11-14-20(2)21-15-12-13-16-22(21)26(24(31)17-18-25(32)33)36-28-29-19-23(27(34)35)30(28)3/h12-13,15-16,19-20,24,26,31H,4-11,14,17-18H2,1-3H3,(H,32,33)(H,34,35). The number of aliphatic hydroxyl groups excluding tert-OH is 1. The fraction of sp³-hybridized carbons (Fsp3) is 0.607. The Morgan fingerprint density at radius 1 is 0.972 bits per heavy atom. The number of rotatable bonds is 18. The SMILES string of the molecule is CCCCCCCCCCC(C)c1ccccc1C(Sc1ncc(C(=O)O)n1C)C(O)CCC(=O)O. The van der Waals surface area contributed by atoms with Crippen LogP contribution in [0.2, 0.25) is 0 Å². The highest BCUT2D eigenvalue weighted by molar-refractivity contribution is 7.99. The Hall–Kier alpha value is -2.32. The van der Waals surface area contributed by atoms with Crippen LogP contribution in [0.3, 0.4) is 0 Å². The first-order chi connectivity index (χ1) is 17.3. The minimum absolute atomic E-state index is 0.0626. The number of carboxylic acids is 2. The van der Waals surface area contributed by atoms with Crippen molar-refractivity contribution in [3.8, 4) is 0 Å². The zero-order valence-electron chi connectivity index (χ0n) is 21.9. The van der Waals surface area contributed by atoms with E-state index in [-0.39, 0.29) is 24.5 Å². The maximum atomic E-state index is 11.5. The third-order valence-corrected chi connectivity index (χ3v) is 8.14. The molecule has 0 saturated heterocycles. The molecule has 0 aliphatic rings. The normalized spacial score (nSPS) is 13.9. The maximum Gasteiger partial charge on any atom is 0.354 e. The highest BCUT2D eigenvalue weighted by atomic mass is 32.2. The minimum atomic E-state index is -1.07. The Morgan fingerprint density at radius 2 is 1.58 bits per heavy atom. The average Bonchev–Trinajstić information content (AvgIpc) is 3.22. The van der Waals surface area contributed by atoms with Crippen LogP contribution in [0.4, 0.5) is 0 Å². The predicted octanol–water partition coefficient (Wildman–Crippen LogP) is 6.81. The summed E-state index contributed by atoms with van der Waals surface area (Å²) in [7, 11) is 1.64. The number of aliphatic hydroxyl groups is 1. The number of nitrogens with zero attached hydrogens (tertiary/aromatic N) is 2. The van der Waals surface area contributed by atoms with Gasteiger partial charge in [-0.05, 0) is 29.9 Å². The third-order valence-electron chi connectivity index (χ3n) is 6.72. The maximum absolute atomic E-state index is 11.5. The van der Waals surface area contributed by atoms with Gasteiger partial charge in [-0.25, -0.2) is 9.78 Å². The summed E-state index contributed by atoms with van der Waals surface area (Å²) in [5, 5.41) is 29.6. The molecule has 2 aromatic rings. The van der Waals surface area contributed by atoms with Gasteiger partial charge in [0.05, 0.1) is 17.6 Å². The Kier molecular flexibility index (Phi) is 13.1. The molecule has 36 heavy (non-hydrogen) atoms. The van der Waals surface area contributed by atoms with E-state index in [1.54, 1.807) is 7.05 Å². The molecule has 3 atom stereocenters. The van der Waals surface area contributed by atoms with Gasteiger partial charge in [0.25, 0.3) is 0 Å². The first kappa shape index (κ1) is 29.9. The molecule has 1 aromatic carbocycles. The number of carbonyl (C=O) groups is 2. The van der Waals surface area contributed by atoms with Crippen molar-refractivity contribution in [3.05, 3.63) is 47.3 Å². The number of unbranched alkanes of at least 4 members (excludes halogenated alkanes) is 7. The van der Waals surface area contributed by atoms with Gasteiger partial charge in [-0.15, -0.1) is 0 Å². The van der Waals surface area contributed by atoms with E-state index in [1.165, 1.54) is 67.5 Å². The molecule has 3 N–H and O–H groups in total. The summed E-state index contributed by atoms with van der Waals surface area (Å²) < 4.78 is 1.50. The molecule has 0 amide bonds. The van der Waals surface area contributed by atoms with Gasteiger partial charge in [0, 0.05) is 13.5 Å². The Labute approximate surface area is 219 Å². The molecular formula is C28H42N2O5S. The lowest BCUT2D eigenvalue weighted by Crippen LogP contribution is -2.20. The van der Waals surface area contributed by atoms with Crippen LogP contribution < -0.4 is 0 Å². The van der Waals surface area contributed by atoms with Crippen molar-refractivity contribution in [2.24, 2.45) is 7.05 Å². The summed E-state index contributed by atoms with van der Waals surface area (Å²) in [6.45, 7) is 4.44. The lowest BCUT2D eigenvalue weighted by Gasteiger charge is -2.27. The second kappa shape index (κ2) is 15.7. The number of hydrogen-bond donors (Lipinski definition) is 3. The summed E-state index contributed by atoms with van der Waals surface area (Å²) in [5.41, 5.74) is 2.15. The number of imidazole rings is 1. The summed E-state index contributed by atoms with van der Waals surface area (Å²) in [6, 6.07) is 8.00. The van der Waals surface area contributed by atoms with E-state index < -0.39 is 23.3 Å². The van der Waals surface area contributed by atoms with Gasteiger partial charge in [0.2, 0.25) is 0 Å². The second-order valence-corrected chi connectivity index (χ2v) is 10.7. The third kappa shape index (κ3) is 9.28. The number of thioether (sulfide) groups is 1. The fourth-order valence-corrected chi connectivity index (χ4v) is 5.78. The number of hydrogen-bond acceptors (Lipinski definition) is 5. The number of benzene rings is 1. The molecule has 0 bridgehead atoms. The van der Waals surface area contributed by atoms with Crippen LogP contribution in [0.25, 0.3) is 0 Å². The molecule has 200 valence electrons. The summed E-state index contributed by atoms with van der Waals surface area (Å²) in [5.74, 6) is -1.74. The number of aliphatic carboxylic acids is 1. The quantitative estimate of drug-likeness (QED) is 0.147. The second-order valence-electron chi connectivity index (χ2n) is 9.62. The Morgan fingerprint density at radius 3 is 2.17 bits per heavy atom. The number of aromatic nitrogens is 2. The van der Waals surface area contributed by atoms with Crippen molar-refractivity contribution in [1.82, 2.24) is 9.55 Å². The lowest BCUT2D eigenvalue weighted by atomic mass is 9.88. The van der Waals surface area contributed by atoms with Gasteiger partial charge in [0.15, 0.2) is 5.16 Å². The van der Waals surface area contributed by atoms with Crippen LogP contribution in [0.5, 0.6) is 0 Å². The van der Waals surface area contributed by atoms with Crippen molar-refractivity contribution in [1.29, 1.82) is 0 Å². The van der Waals surface area contributed by atoms with E-state index in [9.17, 15) is 19.8 Å². The number of carboxylic acid groups (broad SMARTS) is 2. The highest BCUT2D eigenvalue weighted by Crippen LogP contribution is 2.42. The molecular weight excluding hydrogens is 476 g/mol. The zero-order valence-corrected chi connectivity index (χ0v) is 22.7. The predicted molar refractivity (Wildman–Crippen MR) is 144 cm³/mol. The van der Waals surface area contributed by atoms with Crippen molar-refractivity contribution >= 4 is 23.7 Å². The van der Waals surface area contributed by atoms with Gasteiger partial charge in [0.1, 0.15) is 5.69 Å². The molecule has 0 fully saturated rings. The van der Waals surface area contributed by atoms with E-state index in [4.69, 9.17) is 5.11 Å². The van der Waals surface area contributed by atoms with Crippen LogP contribution in [0.15, 0.2) is 35.6 Å². The Bertz CT molecular complexity index is 961. The van der Waals surface area contributed by atoms with Crippen LogP contribution in [-0.2, 0) is 11.8 Å². The lowest BCUT2D eigenvalue weighted by molar-refractivity contribution is -0.137. The molecule has 0 radical (unpaired) electrons. The molecule has 0 aliphatic heterocycles. The smallest absolute Gasteiger partial charge is 0.354 e. The molecule has 1 heterocycles. The monoisotopic (exact) mass is 518 g/mol. The minimum Gasteiger partial charge on any atom is -0.481 e. The largest absolute Gasteiger partial charge is 0.481 e. The van der Waals surface area contributed by atoms with Gasteiger partial charge in [-0.3, -0.25) is 4.79 Å². The van der Waals surface area contributed by atoms with Crippen LogP contribution in [0, 0.1) is 0 Å². The molecule has 7 nitrogen and oxygen atoms in total. The molecule has 2 rings (SSSR count). The fourth-order valence-electron chi connectivity index (χ4n) is 4.55. The molecule has 0 aliphatic carbocycles. The van der Waals surface area contributed by atoms with Gasteiger partial charge >= 0.3 is 11.9 Å². The first-order valence-electron chi connectivity index (χ1n) is 13.2. The van der Waals surface area contributed by atoms with E-state index in [2.05, 4.69) is 24.9 Å². The molecule has 0 spiro atoms. The van der Waals surface area contributed by atoms with E-state index in [1.807, 2.05) is 18.2 Å². The van der Waals surface area contributed by atoms with Crippen molar-refractivity contribution in [2.45, 2.75) is 107 Å².